The normalized spacial score (nSPS) is 13.1. The van der Waals surface area contributed by atoms with Crippen LogP contribution in [0.1, 0.15) is 207 Å². The topological polar surface area (TPSA) is 78.9 Å². The van der Waals surface area contributed by atoms with Gasteiger partial charge in [0.1, 0.15) is 13.2 Å². The van der Waals surface area contributed by atoms with Crippen LogP contribution in [0.3, 0.4) is 0 Å². The number of rotatable bonds is 44. The molecule has 0 amide bonds. The van der Waals surface area contributed by atoms with Gasteiger partial charge in [0.15, 0.2) is 6.10 Å². The maximum absolute atomic E-state index is 12.8. The fourth-order valence-corrected chi connectivity index (χ4v) is 6.60. The molecule has 1 atom stereocenters. The molecule has 0 aromatic carbocycles. The van der Waals surface area contributed by atoms with Crippen LogP contribution < -0.4 is 0 Å². The van der Waals surface area contributed by atoms with Gasteiger partial charge >= 0.3 is 17.9 Å². The molecular formula is C58H92O6. The van der Waals surface area contributed by atoms with Gasteiger partial charge in [0, 0.05) is 19.3 Å². The van der Waals surface area contributed by atoms with Crippen LogP contribution >= 0.6 is 0 Å². The number of carbonyl (C=O) groups is 3. The Morgan fingerprint density at radius 2 is 0.609 bits per heavy atom. The second kappa shape index (κ2) is 51.4. The smallest absolute Gasteiger partial charge is 0.306 e. The minimum Gasteiger partial charge on any atom is -0.462 e. The molecule has 0 N–H and O–H groups in total. The molecule has 0 fully saturated rings. The van der Waals surface area contributed by atoms with E-state index < -0.39 is 6.10 Å². The second-order valence-corrected chi connectivity index (χ2v) is 16.6. The van der Waals surface area contributed by atoms with Crippen molar-refractivity contribution < 1.29 is 28.6 Å². The van der Waals surface area contributed by atoms with Gasteiger partial charge in [-0.25, -0.2) is 0 Å². The van der Waals surface area contributed by atoms with Crippen molar-refractivity contribution in [2.24, 2.45) is 0 Å². The molecular weight excluding hydrogens is 793 g/mol. The molecule has 0 spiro atoms. The van der Waals surface area contributed by atoms with E-state index in [-0.39, 0.29) is 37.5 Å². The lowest BCUT2D eigenvalue weighted by Gasteiger charge is -2.18. The van der Waals surface area contributed by atoms with Gasteiger partial charge in [0.25, 0.3) is 0 Å². The second-order valence-electron chi connectivity index (χ2n) is 16.6. The summed E-state index contributed by atoms with van der Waals surface area (Å²) < 4.78 is 16.7. The van der Waals surface area contributed by atoms with Crippen molar-refractivity contribution in [3.63, 3.8) is 0 Å². The number of allylic oxidation sites excluding steroid dienone is 20. The molecule has 0 aromatic heterocycles. The van der Waals surface area contributed by atoms with Crippen molar-refractivity contribution >= 4 is 17.9 Å². The summed E-state index contributed by atoms with van der Waals surface area (Å²) in [5, 5.41) is 0. The standard InChI is InChI=1S/C58H92O6/c1-4-7-10-13-16-19-22-24-26-28-30-31-33-36-39-42-45-48-51-57(60)63-54-55(53-62-56(59)50-47-44-41-38-35-21-18-15-12-9-6-3)64-58(61)52-49-46-43-40-37-34-32-29-27-25-23-20-17-14-11-8-5-2/h8,11,14,16-17,19-20,22-32,34,37,55H,4-7,9-10,12-13,15,18,21,33,35-36,38-54H2,1-3H3/b11-8-,17-14-,19-16-,23-20-,24-22-,27-25-,28-26-,31-30-,32-29+,37-34-. The van der Waals surface area contributed by atoms with Crippen LogP contribution in [-0.4, -0.2) is 37.2 Å². The summed E-state index contributed by atoms with van der Waals surface area (Å²) in [6.07, 6.45) is 70.3. The monoisotopic (exact) mass is 885 g/mol. The van der Waals surface area contributed by atoms with Gasteiger partial charge in [-0.2, -0.15) is 0 Å². The minimum atomic E-state index is -0.813. The Balaban J connectivity index is 4.54. The zero-order valence-electron chi connectivity index (χ0n) is 41.0. The molecule has 0 aliphatic rings. The van der Waals surface area contributed by atoms with E-state index in [0.717, 1.165) is 89.9 Å². The van der Waals surface area contributed by atoms with Crippen molar-refractivity contribution in [2.45, 2.75) is 213 Å². The molecule has 0 saturated carbocycles. The molecule has 0 aromatic rings. The van der Waals surface area contributed by atoms with Crippen LogP contribution in [0.5, 0.6) is 0 Å². The van der Waals surface area contributed by atoms with E-state index in [0.29, 0.717) is 19.3 Å². The van der Waals surface area contributed by atoms with Crippen LogP contribution in [0, 0.1) is 0 Å². The van der Waals surface area contributed by atoms with Gasteiger partial charge in [-0.05, 0) is 64.2 Å². The number of esters is 3. The molecule has 64 heavy (non-hydrogen) atoms. The highest BCUT2D eigenvalue weighted by Gasteiger charge is 2.19. The first-order valence-electron chi connectivity index (χ1n) is 25.7. The summed E-state index contributed by atoms with van der Waals surface area (Å²) >= 11 is 0. The average molecular weight is 885 g/mol. The SMILES string of the molecule is CC\C=C/C=C\C=C/C=C\C=C\C=C/CCCCCC(=O)OC(COC(=O)CCCCCCC\C=C/C=C\C=C/C=C\CCCCC)COC(=O)CCCCCCCCCCCCC. The quantitative estimate of drug-likeness (QED) is 0.0262. The summed E-state index contributed by atoms with van der Waals surface area (Å²) in [4.78, 5) is 38.0. The molecule has 0 aliphatic heterocycles. The van der Waals surface area contributed by atoms with Crippen LogP contribution in [0.15, 0.2) is 122 Å². The van der Waals surface area contributed by atoms with Crippen molar-refractivity contribution in [1.29, 1.82) is 0 Å². The van der Waals surface area contributed by atoms with Crippen molar-refractivity contribution in [3.8, 4) is 0 Å². The molecule has 0 aliphatic carbocycles. The largest absolute Gasteiger partial charge is 0.462 e. The number of ether oxygens (including phenoxy) is 3. The summed E-state index contributed by atoms with van der Waals surface area (Å²) in [5.41, 5.74) is 0. The molecule has 0 heterocycles. The first-order valence-corrected chi connectivity index (χ1v) is 25.7. The zero-order valence-corrected chi connectivity index (χ0v) is 41.0. The van der Waals surface area contributed by atoms with E-state index in [1.54, 1.807) is 0 Å². The molecule has 6 heteroatoms. The van der Waals surface area contributed by atoms with Gasteiger partial charge in [-0.15, -0.1) is 0 Å². The van der Waals surface area contributed by atoms with Crippen LogP contribution in [-0.2, 0) is 28.6 Å². The molecule has 0 radical (unpaired) electrons. The van der Waals surface area contributed by atoms with Crippen LogP contribution in [0.4, 0.5) is 0 Å². The van der Waals surface area contributed by atoms with E-state index in [1.807, 2.05) is 60.8 Å². The highest BCUT2D eigenvalue weighted by Crippen LogP contribution is 2.14. The zero-order chi connectivity index (χ0) is 46.5. The lowest BCUT2D eigenvalue weighted by atomic mass is 10.1. The van der Waals surface area contributed by atoms with E-state index in [1.165, 1.54) is 70.6 Å². The average Bonchev–Trinajstić information content (AvgIpc) is 3.29. The molecule has 1 unspecified atom stereocenters. The number of carbonyl (C=O) groups excluding carboxylic acids is 3. The lowest BCUT2D eigenvalue weighted by molar-refractivity contribution is -0.167. The summed E-state index contributed by atoms with van der Waals surface area (Å²) in [6.45, 7) is 6.37. The Morgan fingerprint density at radius 1 is 0.328 bits per heavy atom. The van der Waals surface area contributed by atoms with Crippen LogP contribution in [0.2, 0.25) is 0 Å². The first kappa shape index (κ1) is 59.8. The fourth-order valence-electron chi connectivity index (χ4n) is 6.60. The van der Waals surface area contributed by atoms with Gasteiger partial charge < -0.3 is 14.2 Å². The highest BCUT2D eigenvalue weighted by molar-refractivity contribution is 5.71. The summed E-state index contributed by atoms with van der Waals surface area (Å²) in [7, 11) is 0. The first-order chi connectivity index (χ1) is 31.5. The van der Waals surface area contributed by atoms with E-state index in [2.05, 4.69) is 81.5 Å². The Morgan fingerprint density at radius 3 is 1.00 bits per heavy atom. The Hall–Kier alpha value is -4.19. The third kappa shape index (κ3) is 48.8. The third-order valence-electron chi connectivity index (χ3n) is 10.5. The van der Waals surface area contributed by atoms with Gasteiger partial charge in [-0.1, -0.05) is 245 Å². The van der Waals surface area contributed by atoms with Crippen molar-refractivity contribution in [1.82, 2.24) is 0 Å². The molecule has 0 saturated heterocycles. The van der Waals surface area contributed by atoms with E-state index in [4.69, 9.17) is 14.2 Å². The molecule has 6 nitrogen and oxygen atoms in total. The fraction of sp³-hybridized carbons (Fsp3) is 0.603. The molecule has 0 rings (SSSR count). The van der Waals surface area contributed by atoms with Crippen molar-refractivity contribution in [2.75, 3.05) is 13.2 Å². The Bertz CT molecular complexity index is 1390. The number of unbranched alkanes of at least 4 members (excludes halogenated alkanes) is 21. The van der Waals surface area contributed by atoms with E-state index in [9.17, 15) is 14.4 Å². The van der Waals surface area contributed by atoms with Gasteiger partial charge in [0.05, 0.1) is 0 Å². The predicted molar refractivity (Wildman–Crippen MR) is 274 cm³/mol. The van der Waals surface area contributed by atoms with Crippen molar-refractivity contribution in [3.05, 3.63) is 122 Å². The van der Waals surface area contributed by atoms with Gasteiger partial charge in [-0.3, -0.25) is 14.4 Å². The highest BCUT2D eigenvalue weighted by atomic mass is 16.6. The molecule has 360 valence electrons. The summed E-state index contributed by atoms with van der Waals surface area (Å²) in [5.74, 6) is -0.982. The minimum absolute atomic E-state index is 0.106. The van der Waals surface area contributed by atoms with Crippen LogP contribution in [0.25, 0.3) is 0 Å². The van der Waals surface area contributed by atoms with E-state index >= 15 is 0 Å². The predicted octanol–water partition coefficient (Wildman–Crippen LogP) is 16.9. The third-order valence-corrected chi connectivity index (χ3v) is 10.5. The Kier molecular flexibility index (Phi) is 48.1. The maximum atomic E-state index is 12.8. The maximum Gasteiger partial charge on any atom is 0.306 e. The molecule has 0 bridgehead atoms. The number of hydrogen-bond donors (Lipinski definition) is 0. The summed E-state index contributed by atoms with van der Waals surface area (Å²) in [6, 6.07) is 0. The lowest BCUT2D eigenvalue weighted by Crippen LogP contribution is -2.30. The van der Waals surface area contributed by atoms with Gasteiger partial charge in [0.2, 0.25) is 0 Å². The number of hydrogen-bond acceptors (Lipinski definition) is 6. The Labute approximate surface area is 392 Å².